The van der Waals surface area contributed by atoms with Crippen molar-refractivity contribution < 1.29 is 13.9 Å². The first-order chi connectivity index (χ1) is 15.6. The molecule has 6 heteroatoms. The maximum absolute atomic E-state index is 14.0. The number of rotatable bonds is 8. The Morgan fingerprint density at radius 1 is 1.09 bits per heavy atom. The molecular formula is C26H30FN3O2. The lowest BCUT2D eigenvalue weighted by Gasteiger charge is -2.35. The molecule has 2 heterocycles. The highest BCUT2D eigenvalue weighted by Gasteiger charge is 2.25. The van der Waals surface area contributed by atoms with Gasteiger partial charge in [-0.3, -0.25) is 9.69 Å². The number of carbonyl (C=O) groups is 1. The van der Waals surface area contributed by atoms with Crippen LogP contribution in [0.15, 0.2) is 60.7 Å². The van der Waals surface area contributed by atoms with Crippen molar-refractivity contribution in [3.8, 4) is 0 Å². The monoisotopic (exact) mass is 435 g/mol. The Bertz CT molecular complexity index is 1050. The SMILES string of the molecule is COCCN(CC1CCN(Cc2ccccc2F)CC1)C(=O)c1ccc2ccccc2n1. The fourth-order valence-electron chi connectivity index (χ4n) is 4.33. The van der Waals surface area contributed by atoms with Gasteiger partial charge in [-0.25, -0.2) is 9.37 Å². The van der Waals surface area contributed by atoms with Crippen LogP contribution in [0.5, 0.6) is 0 Å². The highest BCUT2D eigenvalue weighted by atomic mass is 19.1. The van der Waals surface area contributed by atoms with Gasteiger partial charge >= 0.3 is 0 Å². The topological polar surface area (TPSA) is 45.7 Å². The van der Waals surface area contributed by atoms with Crippen LogP contribution in [0.3, 0.4) is 0 Å². The first-order valence-corrected chi connectivity index (χ1v) is 11.2. The van der Waals surface area contributed by atoms with E-state index in [0.29, 0.717) is 37.9 Å². The van der Waals surface area contributed by atoms with Crippen LogP contribution in [0, 0.1) is 11.7 Å². The number of aromatic nitrogens is 1. The molecule has 0 N–H and O–H groups in total. The van der Waals surface area contributed by atoms with E-state index in [1.165, 1.54) is 6.07 Å². The van der Waals surface area contributed by atoms with E-state index in [0.717, 1.165) is 42.4 Å². The van der Waals surface area contributed by atoms with Crippen LogP contribution in [-0.4, -0.2) is 60.6 Å². The second-order valence-corrected chi connectivity index (χ2v) is 8.44. The summed E-state index contributed by atoms with van der Waals surface area (Å²) in [6.45, 7) is 4.15. The Labute approximate surface area is 188 Å². The quantitative estimate of drug-likeness (QED) is 0.527. The molecule has 0 radical (unpaired) electrons. The normalized spacial score (nSPS) is 15.2. The van der Waals surface area contributed by atoms with E-state index >= 15 is 0 Å². The number of benzene rings is 2. The number of piperidine rings is 1. The van der Waals surface area contributed by atoms with Gasteiger partial charge in [-0.1, -0.05) is 42.5 Å². The second-order valence-electron chi connectivity index (χ2n) is 8.44. The Hall–Kier alpha value is -2.83. The molecule has 168 valence electrons. The second kappa shape index (κ2) is 10.7. The van der Waals surface area contributed by atoms with Gasteiger partial charge in [0.2, 0.25) is 0 Å². The fourth-order valence-corrected chi connectivity index (χ4v) is 4.33. The molecule has 0 spiro atoms. The molecule has 2 aromatic carbocycles. The van der Waals surface area contributed by atoms with Crippen LogP contribution >= 0.6 is 0 Å². The van der Waals surface area contributed by atoms with Crippen LogP contribution in [0.25, 0.3) is 10.9 Å². The third kappa shape index (κ3) is 5.50. The number of ether oxygens (including phenoxy) is 1. The number of halogens is 1. The van der Waals surface area contributed by atoms with Crippen LogP contribution in [0.2, 0.25) is 0 Å². The molecule has 3 aromatic rings. The molecule has 1 aliphatic rings. The third-order valence-electron chi connectivity index (χ3n) is 6.21. The number of hydrogen-bond acceptors (Lipinski definition) is 4. The number of nitrogens with zero attached hydrogens (tertiary/aromatic N) is 3. The molecule has 5 nitrogen and oxygen atoms in total. The molecule has 1 aliphatic heterocycles. The lowest BCUT2D eigenvalue weighted by molar-refractivity contribution is 0.0612. The largest absolute Gasteiger partial charge is 0.383 e. The summed E-state index contributed by atoms with van der Waals surface area (Å²) in [4.78, 5) is 22.0. The Morgan fingerprint density at radius 3 is 2.62 bits per heavy atom. The predicted octanol–water partition coefficient (Wildman–Crippen LogP) is 4.37. The zero-order chi connectivity index (χ0) is 22.3. The van der Waals surface area contributed by atoms with Gasteiger partial charge in [-0.15, -0.1) is 0 Å². The minimum absolute atomic E-state index is 0.0541. The number of hydrogen-bond donors (Lipinski definition) is 0. The highest BCUT2D eigenvalue weighted by molar-refractivity contribution is 5.94. The molecule has 0 unspecified atom stereocenters. The summed E-state index contributed by atoms with van der Waals surface area (Å²) in [5.74, 6) is 0.212. The smallest absolute Gasteiger partial charge is 0.272 e. The maximum atomic E-state index is 14.0. The third-order valence-corrected chi connectivity index (χ3v) is 6.21. The standard InChI is InChI=1S/C26H30FN3O2/c1-32-17-16-30(26(31)25-11-10-21-6-3-5-9-24(21)28-25)18-20-12-14-29(15-13-20)19-22-7-2-4-8-23(22)27/h2-11,20H,12-19H2,1H3. The van der Waals surface area contributed by atoms with Crippen molar-refractivity contribution in [1.82, 2.24) is 14.8 Å². The van der Waals surface area contributed by atoms with Gasteiger partial charge in [0.25, 0.3) is 5.91 Å². The molecule has 1 saturated heterocycles. The molecule has 1 aromatic heterocycles. The summed E-state index contributed by atoms with van der Waals surface area (Å²) in [6, 6.07) is 18.5. The van der Waals surface area contributed by atoms with Crippen molar-refractivity contribution in [2.45, 2.75) is 19.4 Å². The van der Waals surface area contributed by atoms with Gasteiger partial charge in [0, 0.05) is 37.7 Å². The predicted molar refractivity (Wildman–Crippen MR) is 124 cm³/mol. The van der Waals surface area contributed by atoms with Gasteiger partial charge in [-0.2, -0.15) is 0 Å². The van der Waals surface area contributed by atoms with E-state index in [1.807, 2.05) is 53.4 Å². The number of likely N-dealkylation sites (tertiary alicyclic amines) is 1. The lowest BCUT2D eigenvalue weighted by atomic mass is 9.95. The first-order valence-electron chi connectivity index (χ1n) is 11.2. The van der Waals surface area contributed by atoms with E-state index in [2.05, 4.69) is 9.88 Å². The number of para-hydroxylation sites is 1. The van der Waals surface area contributed by atoms with Gasteiger partial charge < -0.3 is 9.64 Å². The van der Waals surface area contributed by atoms with Crippen LogP contribution in [-0.2, 0) is 11.3 Å². The molecule has 4 rings (SSSR count). The molecule has 0 atom stereocenters. The molecule has 0 saturated carbocycles. The maximum Gasteiger partial charge on any atom is 0.272 e. The average molecular weight is 436 g/mol. The average Bonchev–Trinajstić information content (AvgIpc) is 2.83. The molecule has 1 fully saturated rings. The highest BCUT2D eigenvalue weighted by Crippen LogP contribution is 2.22. The summed E-state index contributed by atoms with van der Waals surface area (Å²) >= 11 is 0. The van der Waals surface area contributed by atoms with Crippen LogP contribution < -0.4 is 0 Å². The van der Waals surface area contributed by atoms with Crippen LogP contribution in [0.4, 0.5) is 4.39 Å². The fraction of sp³-hybridized carbons (Fsp3) is 0.385. The molecular weight excluding hydrogens is 405 g/mol. The summed E-state index contributed by atoms with van der Waals surface area (Å²) < 4.78 is 19.2. The molecule has 1 amide bonds. The van der Waals surface area contributed by atoms with Crippen molar-refractivity contribution in [1.29, 1.82) is 0 Å². The van der Waals surface area contributed by atoms with E-state index < -0.39 is 0 Å². The zero-order valence-electron chi connectivity index (χ0n) is 18.5. The number of amides is 1. The first kappa shape index (κ1) is 22.4. The van der Waals surface area contributed by atoms with Gasteiger partial charge in [0.05, 0.1) is 12.1 Å². The van der Waals surface area contributed by atoms with Gasteiger partial charge in [-0.05, 0) is 50.0 Å². The number of fused-ring (bicyclic) bond motifs is 1. The molecule has 32 heavy (non-hydrogen) atoms. The number of carbonyl (C=O) groups excluding carboxylic acids is 1. The van der Waals surface area contributed by atoms with E-state index in [9.17, 15) is 9.18 Å². The minimum Gasteiger partial charge on any atom is -0.383 e. The summed E-state index contributed by atoms with van der Waals surface area (Å²) in [6.07, 6.45) is 1.97. The lowest BCUT2D eigenvalue weighted by Crippen LogP contribution is -2.42. The van der Waals surface area contributed by atoms with E-state index in [4.69, 9.17) is 4.74 Å². The van der Waals surface area contributed by atoms with Gasteiger partial charge in [0.15, 0.2) is 0 Å². The summed E-state index contributed by atoms with van der Waals surface area (Å²) in [7, 11) is 1.65. The molecule has 0 bridgehead atoms. The van der Waals surface area contributed by atoms with Crippen LogP contribution in [0.1, 0.15) is 28.9 Å². The Kier molecular flexibility index (Phi) is 7.45. The van der Waals surface area contributed by atoms with Crippen molar-refractivity contribution in [2.24, 2.45) is 5.92 Å². The Balaban J connectivity index is 1.38. The Morgan fingerprint density at radius 2 is 1.84 bits per heavy atom. The van der Waals surface area contributed by atoms with E-state index in [1.54, 1.807) is 13.2 Å². The summed E-state index contributed by atoms with van der Waals surface area (Å²) in [5, 5.41) is 1.02. The van der Waals surface area contributed by atoms with Gasteiger partial charge in [0.1, 0.15) is 11.5 Å². The summed E-state index contributed by atoms with van der Waals surface area (Å²) in [5.41, 5.74) is 2.04. The van der Waals surface area contributed by atoms with E-state index in [-0.39, 0.29) is 11.7 Å². The van der Waals surface area contributed by atoms with Crippen molar-refractivity contribution in [3.05, 3.63) is 77.7 Å². The van der Waals surface area contributed by atoms with Crippen molar-refractivity contribution in [3.63, 3.8) is 0 Å². The van der Waals surface area contributed by atoms with Crippen molar-refractivity contribution in [2.75, 3.05) is 39.9 Å². The number of pyridine rings is 1. The minimum atomic E-state index is -0.145. The molecule has 0 aliphatic carbocycles. The van der Waals surface area contributed by atoms with Crippen molar-refractivity contribution >= 4 is 16.8 Å². The number of methoxy groups -OCH3 is 1. The zero-order valence-corrected chi connectivity index (χ0v) is 18.5.